The van der Waals surface area contributed by atoms with Gasteiger partial charge in [0.2, 0.25) is 0 Å². The Labute approximate surface area is 80.0 Å². The molecule has 0 atom stereocenters. The van der Waals surface area contributed by atoms with E-state index in [9.17, 15) is 0 Å². The predicted molar refractivity (Wildman–Crippen MR) is 50.4 cm³/mol. The van der Waals surface area contributed by atoms with Gasteiger partial charge in [-0.05, 0) is 6.54 Å². The molecule has 0 radical (unpaired) electrons. The Bertz CT molecular complexity index is 145. The number of rotatable bonds is 8. The maximum Gasteiger partial charge on any atom is 0.0866 e. The highest BCUT2D eigenvalue weighted by molar-refractivity contribution is 4.75. The maximum absolute atomic E-state index is 8.46. The van der Waals surface area contributed by atoms with E-state index in [1.54, 1.807) is 7.11 Å². The van der Waals surface area contributed by atoms with Crippen molar-refractivity contribution in [3.05, 3.63) is 0 Å². The molecule has 0 rings (SSSR count). The van der Waals surface area contributed by atoms with E-state index < -0.39 is 0 Å². The van der Waals surface area contributed by atoms with Gasteiger partial charge in [-0.2, -0.15) is 5.26 Å². The fourth-order valence-corrected chi connectivity index (χ4v) is 0.887. The van der Waals surface area contributed by atoms with E-state index in [1.807, 2.05) is 11.8 Å². The van der Waals surface area contributed by atoms with E-state index in [0.29, 0.717) is 26.4 Å². The van der Waals surface area contributed by atoms with Crippen molar-refractivity contribution < 1.29 is 9.47 Å². The lowest BCUT2D eigenvalue weighted by atomic mass is 10.5. The van der Waals surface area contributed by atoms with Crippen molar-refractivity contribution in [2.75, 3.05) is 46.6 Å². The molecular weight excluding hydrogens is 168 g/mol. The van der Waals surface area contributed by atoms with Gasteiger partial charge in [0, 0.05) is 13.7 Å². The first kappa shape index (κ1) is 12.4. The van der Waals surface area contributed by atoms with Crippen LogP contribution in [0.5, 0.6) is 0 Å². The smallest absolute Gasteiger partial charge is 0.0866 e. The van der Waals surface area contributed by atoms with Gasteiger partial charge in [-0.15, -0.1) is 0 Å². The molecule has 0 aromatic heterocycles. The van der Waals surface area contributed by atoms with Crippen molar-refractivity contribution >= 4 is 0 Å². The molecule has 76 valence electrons. The van der Waals surface area contributed by atoms with Gasteiger partial charge in [-0.25, -0.2) is 0 Å². The minimum Gasteiger partial charge on any atom is -0.382 e. The summed E-state index contributed by atoms with van der Waals surface area (Å²) in [6.45, 7) is 6.13. The zero-order valence-corrected chi connectivity index (χ0v) is 8.45. The van der Waals surface area contributed by atoms with E-state index in [4.69, 9.17) is 14.7 Å². The summed E-state index contributed by atoms with van der Waals surface area (Å²) in [7, 11) is 1.65. The summed E-state index contributed by atoms with van der Waals surface area (Å²) in [5.74, 6) is 0. The summed E-state index contributed by atoms with van der Waals surface area (Å²) in [5, 5.41) is 8.46. The predicted octanol–water partition coefficient (Wildman–Crippen LogP) is 0.495. The van der Waals surface area contributed by atoms with Crippen LogP contribution in [0.1, 0.15) is 6.92 Å². The van der Waals surface area contributed by atoms with Gasteiger partial charge in [0.25, 0.3) is 0 Å². The van der Waals surface area contributed by atoms with E-state index in [-0.39, 0.29) is 0 Å². The molecule has 13 heavy (non-hydrogen) atoms. The molecule has 0 aliphatic heterocycles. The lowest BCUT2D eigenvalue weighted by molar-refractivity contribution is 0.0596. The van der Waals surface area contributed by atoms with Crippen molar-refractivity contribution in [1.82, 2.24) is 4.90 Å². The monoisotopic (exact) mass is 186 g/mol. The van der Waals surface area contributed by atoms with Crippen LogP contribution >= 0.6 is 0 Å². The molecule has 0 N–H and O–H groups in total. The first-order chi connectivity index (χ1) is 6.35. The number of ether oxygens (including phenoxy) is 2. The van der Waals surface area contributed by atoms with Crippen molar-refractivity contribution in [1.29, 1.82) is 5.26 Å². The Morgan fingerprint density at radius 2 is 2.08 bits per heavy atom. The molecule has 0 bridgehead atoms. The lowest BCUT2D eigenvalue weighted by Gasteiger charge is -2.15. The zero-order valence-electron chi connectivity index (χ0n) is 8.45. The average Bonchev–Trinajstić information content (AvgIpc) is 2.16. The minimum absolute atomic E-state index is 0.476. The van der Waals surface area contributed by atoms with Crippen molar-refractivity contribution in [3.63, 3.8) is 0 Å². The summed E-state index contributed by atoms with van der Waals surface area (Å²) in [4.78, 5) is 2.03. The highest BCUT2D eigenvalue weighted by Crippen LogP contribution is 1.86. The number of nitriles is 1. The molecular formula is C9H18N2O2. The van der Waals surface area contributed by atoms with Crippen LogP contribution in [0.3, 0.4) is 0 Å². The fraction of sp³-hybridized carbons (Fsp3) is 0.889. The van der Waals surface area contributed by atoms with Crippen LogP contribution in [0.2, 0.25) is 0 Å². The minimum atomic E-state index is 0.476. The van der Waals surface area contributed by atoms with Crippen LogP contribution in [0.25, 0.3) is 0 Å². The second-order valence-electron chi connectivity index (χ2n) is 2.63. The normalized spacial score (nSPS) is 10.3. The lowest BCUT2D eigenvalue weighted by Crippen LogP contribution is -2.28. The molecule has 0 aliphatic carbocycles. The summed E-state index contributed by atoms with van der Waals surface area (Å²) in [6, 6.07) is 2.12. The van der Waals surface area contributed by atoms with Crippen LogP contribution in [0.4, 0.5) is 0 Å². The Kier molecular flexibility index (Phi) is 9.00. The molecule has 0 saturated carbocycles. The molecule has 0 spiro atoms. The van der Waals surface area contributed by atoms with Crippen molar-refractivity contribution in [2.24, 2.45) is 0 Å². The van der Waals surface area contributed by atoms with Gasteiger partial charge < -0.3 is 9.47 Å². The van der Waals surface area contributed by atoms with Crippen LogP contribution < -0.4 is 0 Å². The van der Waals surface area contributed by atoms with Crippen LogP contribution in [-0.4, -0.2) is 51.5 Å². The Balaban J connectivity index is 3.23. The summed E-state index contributed by atoms with van der Waals surface area (Å²) >= 11 is 0. The first-order valence-electron chi connectivity index (χ1n) is 4.51. The van der Waals surface area contributed by atoms with Crippen molar-refractivity contribution in [3.8, 4) is 6.07 Å². The topological polar surface area (TPSA) is 45.5 Å². The molecule has 0 amide bonds. The standard InChI is InChI=1S/C9H18N2O2/c1-3-11(5-4-10)6-7-13-9-8-12-2/h3,5-9H2,1-2H3. The Morgan fingerprint density at radius 1 is 1.31 bits per heavy atom. The highest BCUT2D eigenvalue weighted by Gasteiger charge is 1.99. The van der Waals surface area contributed by atoms with Gasteiger partial charge in [0.1, 0.15) is 0 Å². The summed E-state index contributed by atoms with van der Waals surface area (Å²) in [5.41, 5.74) is 0. The Morgan fingerprint density at radius 3 is 2.62 bits per heavy atom. The summed E-state index contributed by atoms with van der Waals surface area (Å²) in [6.07, 6.45) is 0. The van der Waals surface area contributed by atoms with Crippen molar-refractivity contribution in [2.45, 2.75) is 6.92 Å². The Hall–Kier alpha value is -0.630. The zero-order chi connectivity index (χ0) is 9.94. The molecule has 0 unspecified atom stereocenters. The molecule has 0 heterocycles. The molecule has 0 aliphatic rings. The third-order valence-corrected chi connectivity index (χ3v) is 1.73. The van der Waals surface area contributed by atoms with E-state index in [0.717, 1.165) is 13.1 Å². The number of hydrogen-bond donors (Lipinski definition) is 0. The molecule has 4 nitrogen and oxygen atoms in total. The quantitative estimate of drug-likeness (QED) is 0.409. The van der Waals surface area contributed by atoms with Crippen LogP contribution in [0.15, 0.2) is 0 Å². The number of nitrogens with zero attached hydrogens (tertiary/aromatic N) is 2. The fourth-order valence-electron chi connectivity index (χ4n) is 0.887. The maximum atomic E-state index is 8.46. The van der Waals surface area contributed by atoms with Gasteiger partial charge >= 0.3 is 0 Å². The molecule has 4 heteroatoms. The number of methoxy groups -OCH3 is 1. The molecule has 0 fully saturated rings. The van der Waals surface area contributed by atoms with Crippen LogP contribution in [0, 0.1) is 11.3 Å². The summed E-state index contributed by atoms with van der Waals surface area (Å²) < 4.78 is 10.1. The van der Waals surface area contributed by atoms with E-state index in [2.05, 4.69) is 6.07 Å². The second kappa shape index (κ2) is 9.46. The largest absolute Gasteiger partial charge is 0.382 e. The SMILES string of the molecule is CCN(CC#N)CCOCCOC. The first-order valence-corrected chi connectivity index (χ1v) is 4.51. The third kappa shape index (κ3) is 7.72. The average molecular weight is 186 g/mol. The third-order valence-electron chi connectivity index (χ3n) is 1.73. The highest BCUT2D eigenvalue weighted by atomic mass is 16.5. The van der Waals surface area contributed by atoms with Gasteiger partial charge in [0.05, 0.1) is 32.4 Å². The van der Waals surface area contributed by atoms with Gasteiger partial charge in [0.15, 0.2) is 0 Å². The molecule has 0 aromatic rings. The number of likely N-dealkylation sites (N-methyl/N-ethyl adjacent to an activating group) is 1. The second-order valence-corrected chi connectivity index (χ2v) is 2.63. The van der Waals surface area contributed by atoms with E-state index >= 15 is 0 Å². The molecule has 0 aromatic carbocycles. The van der Waals surface area contributed by atoms with Gasteiger partial charge in [-0.3, -0.25) is 4.90 Å². The van der Waals surface area contributed by atoms with E-state index in [1.165, 1.54) is 0 Å². The number of hydrogen-bond acceptors (Lipinski definition) is 4. The van der Waals surface area contributed by atoms with Crippen LogP contribution in [-0.2, 0) is 9.47 Å². The molecule has 0 saturated heterocycles. The van der Waals surface area contributed by atoms with Gasteiger partial charge in [-0.1, -0.05) is 6.92 Å².